The van der Waals surface area contributed by atoms with E-state index in [-0.39, 0.29) is 17.0 Å². The van der Waals surface area contributed by atoms with Crippen molar-refractivity contribution in [3.05, 3.63) is 88.8 Å². The average molecular weight is 442 g/mol. The highest BCUT2D eigenvalue weighted by molar-refractivity contribution is 6.32. The number of amides is 2. The highest BCUT2D eigenvalue weighted by Crippen LogP contribution is 2.30. The van der Waals surface area contributed by atoms with Gasteiger partial charge in [0.25, 0.3) is 11.8 Å². The van der Waals surface area contributed by atoms with Crippen LogP contribution >= 0.6 is 11.6 Å². The lowest BCUT2D eigenvalue weighted by Gasteiger charge is -2.35. The first-order valence-electron chi connectivity index (χ1n) is 9.46. The van der Waals surface area contributed by atoms with Crippen molar-refractivity contribution in [2.45, 2.75) is 26.3 Å². The molecule has 0 spiro atoms. The van der Waals surface area contributed by atoms with Crippen molar-refractivity contribution in [1.82, 2.24) is 15.4 Å². The predicted octanol–water partition coefficient (Wildman–Crippen LogP) is 5.25. The van der Waals surface area contributed by atoms with Crippen LogP contribution in [0.1, 0.15) is 41.5 Å². The number of para-hydroxylation sites is 1. The van der Waals surface area contributed by atoms with E-state index in [1.807, 2.05) is 0 Å². The number of rotatable bonds is 4. The summed E-state index contributed by atoms with van der Waals surface area (Å²) in [5.74, 6) is -1.67. The number of hydrazine groups is 1. The minimum atomic E-state index is -0.838. The van der Waals surface area contributed by atoms with Crippen molar-refractivity contribution >= 4 is 23.4 Å². The highest BCUT2D eigenvalue weighted by atomic mass is 35.5. The largest absolute Gasteiger partial charge is 0.437 e. The SMILES string of the molecule is CC(C)(C)N(NC(=O)c1ccccc1F)C(=O)c1cccnc1Oc1ccccc1Cl. The standard InChI is InChI=1S/C23H21ClFN3O3/c1-23(2,3)28(27-20(29)15-9-4-6-12-18(15)25)22(30)16-10-8-14-26-21(16)31-19-13-7-5-11-17(19)24/h4-14H,1-3H3,(H,27,29). The lowest BCUT2D eigenvalue weighted by molar-refractivity contribution is 0.0354. The molecule has 160 valence electrons. The molecule has 0 bridgehead atoms. The van der Waals surface area contributed by atoms with Gasteiger partial charge in [0.15, 0.2) is 0 Å². The zero-order valence-electron chi connectivity index (χ0n) is 17.2. The number of carbonyl (C=O) groups is 2. The Morgan fingerprint density at radius 1 is 1.00 bits per heavy atom. The summed E-state index contributed by atoms with van der Waals surface area (Å²) in [6.45, 7) is 5.20. The molecule has 1 N–H and O–H groups in total. The molecule has 31 heavy (non-hydrogen) atoms. The van der Waals surface area contributed by atoms with Gasteiger partial charge in [-0.25, -0.2) is 14.4 Å². The van der Waals surface area contributed by atoms with Crippen LogP contribution in [-0.2, 0) is 0 Å². The van der Waals surface area contributed by atoms with Crippen LogP contribution in [0.5, 0.6) is 11.6 Å². The van der Waals surface area contributed by atoms with E-state index in [1.54, 1.807) is 51.1 Å². The van der Waals surface area contributed by atoms with Crippen molar-refractivity contribution in [2.75, 3.05) is 0 Å². The summed E-state index contributed by atoms with van der Waals surface area (Å²) in [4.78, 5) is 30.2. The molecule has 0 aliphatic heterocycles. The third-order valence-electron chi connectivity index (χ3n) is 4.25. The molecule has 0 fully saturated rings. The van der Waals surface area contributed by atoms with Gasteiger partial charge < -0.3 is 4.74 Å². The minimum Gasteiger partial charge on any atom is -0.437 e. The molecule has 2 aromatic carbocycles. The smallest absolute Gasteiger partial charge is 0.278 e. The fraction of sp³-hybridized carbons (Fsp3) is 0.174. The second-order valence-corrected chi connectivity index (χ2v) is 8.03. The molecule has 3 rings (SSSR count). The summed E-state index contributed by atoms with van der Waals surface area (Å²) in [6.07, 6.45) is 1.47. The Kier molecular flexibility index (Phi) is 6.56. The van der Waals surface area contributed by atoms with Gasteiger partial charge in [-0.1, -0.05) is 35.9 Å². The fourth-order valence-electron chi connectivity index (χ4n) is 2.72. The Labute approximate surface area is 184 Å². The number of hydrogen-bond acceptors (Lipinski definition) is 4. The first-order valence-corrected chi connectivity index (χ1v) is 9.84. The van der Waals surface area contributed by atoms with Crippen molar-refractivity contribution in [3.63, 3.8) is 0 Å². The molecule has 0 atom stereocenters. The third-order valence-corrected chi connectivity index (χ3v) is 4.56. The van der Waals surface area contributed by atoms with Gasteiger partial charge in [-0.2, -0.15) is 0 Å². The fourth-order valence-corrected chi connectivity index (χ4v) is 2.89. The summed E-state index contributed by atoms with van der Waals surface area (Å²) in [6, 6.07) is 15.4. The van der Waals surface area contributed by atoms with Crippen LogP contribution in [-0.4, -0.2) is 27.3 Å². The average Bonchev–Trinajstić information content (AvgIpc) is 2.73. The number of aromatic nitrogens is 1. The topological polar surface area (TPSA) is 71.5 Å². The van der Waals surface area contributed by atoms with E-state index in [1.165, 1.54) is 36.5 Å². The molecule has 3 aromatic rings. The maximum atomic E-state index is 14.0. The number of pyridine rings is 1. The van der Waals surface area contributed by atoms with Crippen molar-refractivity contribution in [1.29, 1.82) is 0 Å². The number of benzene rings is 2. The molecule has 8 heteroatoms. The van der Waals surface area contributed by atoms with E-state index in [2.05, 4.69) is 10.4 Å². The monoisotopic (exact) mass is 441 g/mol. The van der Waals surface area contributed by atoms with Gasteiger partial charge >= 0.3 is 0 Å². The maximum Gasteiger partial charge on any atom is 0.278 e. The van der Waals surface area contributed by atoms with Crippen LogP contribution in [0.4, 0.5) is 4.39 Å². The van der Waals surface area contributed by atoms with Crippen LogP contribution in [0, 0.1) is 5.82 Å². The second-order valence-electron chi connectivity index (χ2n) is 7.62. The Morgan fingerprint density at radius 3 is 2.32 bits per heavy atom. The molecular formula is C23H21ClFN3O3. The summed E-state index contributed by atoms with van der Waals surface area (Å²) in [5, 5.41) is 1.48. The highest BCUT2D eigenvalue weighted by Gasteiger charge is 2.32. The van der Waals surface area contributed by atoms with Crippen molar-refractivity contribution in [3.8, 4) is 11.6 Å². The number of nitrogens with one attached hydrogen (secondary N) is 1. The second kappa shape index (κ2) is 9.14. The van der Waals surface area contributed by atoms with Crippen LogP contribution in [0.15, 0.2) is 66.9 Å². The summed E-state index contributed by atoms with van der Waals surface area (Å²) in [5.41, 5.74) is 1.60. The van der Waals surface area contributed by atoms with E-state index in [0.717, 1.165) is 5.01 Å². The Bertz CT molecular complexity index is 1110. The molecule has 2 amide bonds. The Morgan fingerprint density at radius 2 is 1.65 bits per heavy atom. The Balaban J connectivity index is 1.94. The van der Waals surface area contributed by atoms with E-state index in [9.17, 15) is 14.0 Å². The number of carbonyl (C=O) groups excluding carboxylic acids is 2. The lowest BCUT2D eigenvalue weighted by atomic mass is 10.1. The molecule has 0 saturated carbocycles. The third kappa shape index (κ3) is 5.19. The molecular weight excluding hydrogens is 421 g/mol. The lowest BCUT2D eigenvalue weighted by Crippen LogP contribution is -2.56. The summed E-state index contributed by atoms with van der Waals surface area (Å²) in [7, 11) is 0. The van der Waals surface area contributed by atoms with Crippen LogP contribution in [0.3, 0.4) is 0 Å². The summed E-state index contributed by atoms with van der Waals surface area (Å²) >= 11 is 6.15. The van der Waals surface area contributed by atoms with Gasteiger partial charge in [0.05, 0.1) is 16.1 Å². The number of nitrogens with zero attached hydrogens (tertiary/aromatic N) is 2. The van der Waals surface area contributed by atoms with Gasteiger partial charge in [-0.3, -0.25) is 15.0 Å². The quantitative estimate of drug-likeness (QED) is 0.561. The molecule has 0 saturated heterocycles. The van der Waals surface area contributed by atoms with E-state index in [4.69, 9.17) is 16.3 Å². The zero-order chi connectivity index (χ0) is 22.6. The molecule has 0 unspecified atom stereocenters. The first-order chi connectivity index (χ1) is 14.7. The van der Waals surface area contributed by atoms with Gasteiger partial charge in [0.2, 0.25) is 5.88 Å². The minimum absolute atomic E-state index is 0.0231. The van der Waals surface area contributed by atoms with Gasteiger partial charge in [0, 0.05) is 6.20 Å². The number of halogens is 2. The summed E-state index contributed by atoms with van der Waals surface area (Å²) < 4.78 is 19.8. The predicted molar refractivity (Wildman–Crippen MR) is 116 cm³/mol. The van der Waals surface area contributed by atoms with Crippen LogP contribution in [0.2, 0.25) is 5.02 Å². The molecule has 0 aliphatic rings. The zero-order valence-corrected chi connectivity index (χ0v) is 18.0. The van der Waals surface area contributed by atoms with Crippen LogP contribution < -0.4 is 10.2 Å². The van der Waals surface area contributed by atoms with Crippen LogP contribution in [0.25, 0.3) is 0 Å². The maximum absolute atomic E-state index is 14.0. The van der Waals surface area contributed by atoms with Crippen molar-refractivity contribution in [2.24, 2.45) is 0 Å². The Hall–Kier alpha value is -3.45. The molecule has 1 heterocycles. The van der Waals surface area contributed by atoms with E-state index < -0.39 is 23.2 Å². The van der Waals surface area contributed by atoms with Gasteiger partial charge in [-0.05, 0) is 57.2 Å². The number of hydrogen-bond donors (Lipinski definition) is 1. The van der Waals surface area contributed by atoms with Crippen molar-refractivity contribution < 1.29 is 18.7 Å². The number of ether oxygens (including phenoxy) is 1. The molecule has 0 aliphatic carbocycles. The van der Waals surface area contributed by atoms with E-state index >= 15 is 0 Å². The first kappa shape index (κ1) is 22.2. The van der Waals surface area contributed by atoms with E-state index in [0.29, 0.717) is 10.8 Å². The molecule has 6 nitrogen and oxygen atoms in total. The van der Waals surface area contributed by atoms with Gasteiger partial charge in [0.1, 0.15) is 17.1 Å². The normalized spacial score (nSPS) is 11.0. The molecule has 1 aromatic heterocycles. The van der Waals surface area contributed by atoms with Gasteiger partial charge in [-0.15, -0.1) is 0 Å². The molecule has 0 radical (unpaired) electrons.